The zero-order valence-corrected chi connectivity index (χ0v) is 21.9. The summed E-state index contributed by atoms with van der Waals surface area (Å²) in [5, 5.41) is 3.04. The van der Waals surface area contributed by atoms with E-state index in [0.717, 1.165) is 17.7 Å². The summed E-state index contributed by atoms with van der Waals surface area (Å²) in [5.41, 5.74) is 4.06. The Morgan fingerprint density at radius 3 is 1.95 bits per heavy atom. The van der Waals surface area contributed by atoms with E-state index in [2.05, 4.69) is 53.8 Å². The minimum atomic E-state index is -0.181. The van der Waals surface area contributed by atoms with Crippen LogP contribution >= 0.6 is 0 Å². The number of hydrogen-bond donors (Lipinski definition) is 1. The second kappa shape index (κ2) is 13.7. The van der Waals surface area contributed by atoms with Crippen LogP contribution in [0, 0.1) is 0 Å². The first-order valence-electron chi connectivity index (χ1n) is 12.8. The number of urea groups is 1. The fraction of sp³-hybridized carbons (Fsp3) is 0.182. The molecule has 0 aliphatic rings. The molecule has 5 heteroatoms. The van der Waals surface area contributed by atoms with E-state index >= 15 is 0 Å². The number of nitrogens with one attached hydrogen (secondary N) is 1. The van der Waals surface area contributed by atoms with Crippen LogP contribution in [0.5, 0.6) is 11.5 Å². The van der Waals surface area contributed by atoms with Crippen LogP contribution in [0.15, 0.2) is 115 Å². The molecule has 4 aromatic carbocycles. The van der Waals surface area contributed by atoms with Crippen LogP contribution in [0.3, 0.4) is 0 Å². The Kier molecular flexibility index (Phi) is 9.57. The lowest BCUT2D eigenvalue weighted by Gasteiger charge is -2.26. The molecule has 1 N–H and O–H groups in total. The van der Waals surface area contributed by atoms with Gasteiger partial charge in [0.25, 0.3) is 0 Å². The average Bonchev–Trinajstić information content (AvgIpc) is 2.98. The van der Waals surface area contributed by atoms with E-state index in [4.69, 9.17) is 9.47 Å². The van der Waals surface area contributed by atoms with E-state index in [-0.39, 0.29) is 11.9 Å². The predicted octanol–water partition coefficient (Wildman–Crippen LogP) is 7.47. The molecule has 0 heterocycles. The van der Waals surface area contributed by atoms with Gasteiger partial charge in [-0.05, 0) is 35.7 Å². The number of benzene rings is 4. The summed E-state index contributed by atoms with van der Waals surface area (Å²) in [7, 11) is 3.26. The minimum absolute atomic E-state index is 0.164. The van der Waals surface area contributed by atoms with Gasteiger partial charge in [-0.25, -0.2) is 4.79 Å². The molecule has 0 radical (unpaired) electrons. The van der Waals surface area contributed by atoms with Gasteiger partial charge in [0, 0.05) is 24.6 Å². The van der Waals surface area contributed by atoms with Crippen molar-refractivity contribution in [1.29, 1.82) is 0 Å². The molecule has 0 saturated heterocycles. The second-order valence-electron chi connectivity index (χ2n) is 8.88. The summed E-state index contributed by atoms with van der Waals surface area (Å²) in [6.45, 7) is 1.00. The van der Waals surface area contributed by atoms with Gasteiger partial charge in [0.05, 0.1) is 19.9 Å². The van der Waals surface area contributed by atoms with Gasteiger partial charge in [-0.3, -0.25) is 0 Å². The van der Waals surface area contributed by atoms with E-state index < -0.39 is 0 Å². The first-order valence-corrected chi connectivity index (χ1v) is 12.8. The molecule has 194 valence electrons. The Hall–Kier alpha value is -4.51. The van der Waals surface area contributed by atoms with E-state index in [1.165, 1.54) is 11.1 Å². The van der Waals surface area contributed by atoms with Gasteiger partial charge in [-0.2, -0.15) is 0 Å². The number of amides is 2. The van der Waals surface area contributed by atoms with Crippen LogP contribution in [0.4, 0.5) is 10.5 Å². The quantitative estimate of drug-likeness (QED) is 0.229. The third kappa shape index (κ3) is 7.04. The molecule has 4 rings (SSSR count). The van der Waals surface area contributed by atoms with Crippen LogP contribution in [0.25, 0.3) is 6.08 Å². The Morgan fingerprint density at radius 2 is 1.32 bits per heavy atom. The Morgan fingerprint density at radius 1 is 0.763 bits per heavy atom. The van der Waals surface area contributed by atoms with E-state index in [1.807, 2.05) is 77.7 Å². The summed E-state index contributed by atoms with van der Waals surface area (Å²) in [4.78, 5) is 15.4. The van der Waals surface area contributed by atoms with Gasteiger partial charge < -0.3 is 19.7 Å². The van der Waals surface area contributed by atoms with Crippen molar-refractivity contribution in [2.75, 3.05) is 32.6 Å². The number of carbonyl (C=O) groups excluding carboxylic acids is 1. The molecule has 0 atom stereocenters. The first-order chi connectivity index (χ1) is 18.7. The Bertz CT molecular complexity index is 1280. The number of para-hydroxylation sites is 3. The summed E-state index contributed by atoms with van der Waals surface area (Å²) in [6, 6.07) is 36.0. The zero-order chi connectivity index (χ0) is 26.6. The van der Waals surface area contributed by atoms with Crippen LogP contribution < -0.4 is 14.8 Å². The standard InChI is InChI=1S/C33H34N2O3/c1-37-31-21-11-9-18-28(31)19-13-24-35(33(36)34-30-20-10-12-22-32(30)38-2)25-23-29(26-14-5-3-6-15-26)27-16-7-4-8-17-27/h3-22,29H,23-25H2,1-2H3,(H,34,36)/b19-13+. The van der Waals surface area contributed by atoms with Gasteiger partial charge in [-0.15, -0.1) is 0 Å². The molecule has 0 spiro atoms. The topological polar surface area (TPSA) is 50.8 Å². The fourth-order valence-electron chi connectivity index (χ4n) is 4.51. The number of nitrogens with zero attached hydrogens (tertiary/aromatic N) is 1. The number of anilines is 1. The van der Waals surface area contributed by atoms with E-state index in [0.29, 0.717) is 24.5 Å². The number of carbonyl (C=O) groups is 1. The van der Waals surface area contributed by atoms with Crippen molar-refractivity contribution >= 4 is 17.8 Å². The normalized spacial score (nSPS) is 10.9. The van der Waals surface area contributed by atoms with Crippen LogP contribution in [-0.2, 0) is 0 Å². The Balaban J connectivity index is 1.56. The summed E-state index contributed by atoms with van der Waals surface area (Å²) >= 11 is 0. The van der Waals surface area contributed by atoms with Gasteiger partial charge in [0.1, 0.15) is 11.5 Å². The molecule has 2 amide bonds. The van der Waals surface area contributed by atoms with Crippen molar-refractivity contribution in [1.82, 2.24) is 4.90 Å². The largest absolute Gasteiger partial charge is 0.496 e. The second-order valence-corrected chi connectivity index (χ2v) is 8.88. The monoisotopic (exact) mass is 506 g/mol. The Labute approximate surface area is 225 Å². The molecule has 4 aromatic rings. The highest BCUT2D eigenvalue weighted by Gasteiger charge is 2.19. The predicted molar refractivity (Wildman–Crippen MR) is 155 cm³/mol. The highest BCUT2D eigenvalue weighted by atomic mass is 16.5. The average molecular weight is 507 g/mol. The van der Waals surface area contributed by atoms with Gasteiger partial charge >= 0.3 is 6.03 Å². The number of hydrogen-bond acceptors (Lipinski definition) is 3. The molecule has 0 unspecified atom stereocenters. The number of ether oxygens (including phenoxy) is 2. The third-order valence-electron chi connectivity index (χ3n) is 6.49. The molecule has 38 heavy (non-hydrogen) atoms. The molecular weight excluding hydrogens is 472 g/mol. The molecular formula is C33H34N2O3. The van der Waals surface area contributed by atoms with Crippen molar-refractivity contribution in [3.8, 4) is 11.5 Å². The molecule has 0 aromatic heterocycles. The molecule has 0 saturated carbocycles. The van der Waals surface area contributed by atoms with Crippen molar-refractivity contribution in [3.05, 3.63) is 132 Å². The van der Waals surface area contributed by atoms with Crippen LogP contribution in [0.2, 0.25) is 0 Å². The third-order valence-corrected chi connectivity index (χ3v) is 6.49. The highest BCUT2D eigenvalue weighted by molar-refractivity contribution is 5.91. The summed E-state index contributed by atoms with van der Waals surface area (Å²) in [6.07, 6.45) is 4.77. The van der Waals surface area contributed by atoms with Gasteiger partial charge in [0.15, 0.2) is 0 Å². The van der Waals surface area contributed by atoms with E-state index in [1.54, 1.807) is 14.2 Å². The van der Waals surface area contributed by atoms with Gasteiger partial charge in [-0.1, -0.05) is 103 Å². The van der Waals surface area contributed by atoms with Crippen molar-refractivity contribution in [2.24, 2.45) is 0 Å². The highest BCUT2D eigenvalue weighted by Crippen LogP contribution is 2.29. The number of rotatable bonds is 11. The zero-order valence-electron chi connectivity index (χ0n) is 21.9. The maximum absolute atomic E-state index is 13.5. The molecule has 0 aliphatic carbocycles. The smallest absolute Gasteiger partial charge is 0.322 e. The van der Waals surface area contributed by atoms with Crippen LogP contribution in [0.1, 0.15) is 29.0 Å². The molecule has 0 fully saturated rings. The summed E-state index contributed by atoms with van der Waals surface area (Å²) < 4.78 is 10.9. The first kappa shape index (κ1) is 26.6. The van der Waals surface area contributed by atoms with Gasteiger partial charge in [0.2, 0.25) is 0 Å². The molecule has 0 bridgehead atoms. The van der Waals surface area contributed by atoms with Crippen molar-refractivity contribution < 1.29 is 14.3 Å². The number of methoxy groups -OCH3 is 2. The lowest BCUT2D eigenvalue weighted by molar-refractivity contribution is 0.215. The van der Waals surface area contributed by atoms with Crippen LogP contribution in [-0.4, -0.2) is 38.2 Å². The lowest BCUT2D eigenvalue weighted by atomic mass is 9.88. The SMILES string of the molecule is COc1ccccc1/C=C/CN(CCC(c1ccccc1)c1ccccc1)C(=O)Nc1ccccc1OC. The molecule has 0 aliphatic heterocycles. The fourth-order valence-corrected chi connectivity index (χ4v) is 4.51. The maximum atomic E-state index is 13.5. The lowest BCUT2D eigenvalue weighted by Crippen LogP contribution is -2.36. The summed E-state index contributed by atoms with van der Waals surface area (Å²) in [5.74, 6) is 1.58. The molecule has 5 nitrogen and oxygen atoms in total. The van der Waals surface area contributed by atoms with E-state index in [9.17, 15) is 4.79 Å². The minimum Gasteiger partial charge on any atom is -0.496 e. The maximum Gasteiger partial charge on any atom is 0.322 e. The van der Waals surface area contributed by atoms with Crippen molar-refractivity contribution in [3.63, 3.8) is 0 Å². The van der Waals surface area contributed by atoms with Crippen molar-refractivity contribution in [2.45, 2.75) is 12.3 Å².